The Bertz CT molecular complexity index is 1320. The number of methoxy groups -OCH3 is 1. The van der Waals surface area contributed by atoms with Crippen molar-refractivity contribution in [3.63, 3.8) is 0 Å². The van der Waals surface area contributed by atoms with E-state index in [9.17, 15) is 4.79 Å². The average Bonchev–Trinajstić information content (AvgIpc) is 3.34. The highest BCUT2D eigenvalue weighted by Gasteiger charge is 2.41. The van der Waals surface area contributed by atoms with Crippen molar-refractivity contribution in [2.24, 2.45) is 10.4 Å². The van der Waals surface area contributed by atoms with E-state index in [0.717, 1.165) is 50.1 Å². The number of hydrogen-bond donors (Lipinski definition) is 1. The van der Waals surface area contributed by atoms with Crippen LogP contribution in [0.2, 0.25) is 0 Å². The highest BCUT2D eigenvalue weighted by molar-refractivity contribution is 5.88. The van der Waals surface area contributed by atoms with Gasteiger partial charge in [0.25, 0.3) is 0 Å². The molecular weight excluding hydrogens is 472 g/mol. The molecule has 2 aromatic heterocycles. The third kappa shape index (κ3) is 5.32. The summed E-state index contributed by atoms with van der Waals surface area (Å²) in [5, 5.41) is 0.786. The maximum atomic E-state index is 12.7. The van der Waals surface area contributed by atoms with Gasteiger partial charge in [0.15, 0.2) is 11.5 Å². The molecule has 1 amide bonds. The monoisotopic (exact) mass is 504 g/mol. The van der Waals surface area contributed by atoms with Crippen LogP contribution < -0.4 is 14.2 Å². The molecule has 2 aliphatic rings. The number of benzene rings is 1. The molecule has 3 aromatic rings. The first kappa shape index (κ1) is 24.8. The zero-order valence-electron chi connectivity index (χ0n) is 21.3. The second-order valence-corrected chi connectivity index (χ2v) is 9.60. The molecule has 1 spiro atoms. The number of aromatic amines is 1. The summed E-state index contributed by atoms with van der Waals surface area (Å²) < 4.78 is 23.1. The number of rotatable bonds is 9. The van der Waals surface area contributed by atoms with Gasteiger partial charge in [-0.25, -0.2) is 4.99 Å². The van der Waals surface area contributed by atoms with E-state index in [2.05, 4.69) is 21.7 Å². The summed E-state index contributed by atoms with van der Waals surface area (Å²) in [6.07, 6.45) is 7.72. The molecule has 9 heteroatoms. The molecule has 2 aliphatic heterocycles. The predicted molar refractivity (Wildman–Crippen MR) is 142 cm³/mol. The molecule has 5 rings (SSSR count). The van der Waals surface area contributed by atoms with Crippen molar-refractivity contribution in [1.29, 1.82) is 0 Å². The van der Waals surface area contributed by atoms with Gasteiger partial charge in [-0.3, -0.25) is 9.78 Å². The van der Waals surface area contributed by atoms with E-state index >= 15 is 0 Å². The number of nitrogens with one attached hydrogen (secondary N) is 1. The first-order valence-electron chi connectivity index (χ1n) is 12.5. The van der Waals surface area contributed by atoms with Crippen LogP contribution in [0.1, 0.15) is 31.7 Å². The van der Waals surface area contributed by atoms with Crippen molar-refractivity contribution in [3.8, 4) is 17.2 Å². The number of H-pyrrole nitrogens is 1. The number of aliphatic imine (C=N–C) groups is 1. The van der Waals surface area contributed by atoms with E-state index in [-0.39, 0.29) is 12.5 Å². The summed E-state index contributed by atoms with van der Waals surface area (Å²) in [7, 11) is 1.59. The van der Waals surface area contributed by atoms with Gasteiger partial charge in [-0.1, -0.05) is 0 Å². The lowest BCUT2D eigenvalue weighted by atomic mass is 9.77. The Morgan fingerprint density at radius 2 is 2.05 bits per heavy atom. The number of ether oxygens (including phenoxy) is 4. The van der Waals surface area contributed by atoms with Gasteiger partial charge in [0.1, 0.15) is 17.3 Å². The Morgan fingerprint density at radius 3 is 2.76 bits per heavy atom. The van der Waals surface area contributed by atoms with Gasteiger partial charge < -0.3 is 28.8 Å². The Balaban J connectivity index is 1.25. The molecule has 0 radical (unpaired) electrons. The van der Waals surface area contributed by atoms with Crippen molar-refractivity contribution in [2.75, 3.05) is 40.0 Å². The van der Waals surface area contributed by atoms with Crippen LogP contribution in [0.15, 0.2) is 47.4 Å². The van der Waals surface area contributed by atoms with Crippen LogP contribution in [0.3, 0.4) is 0 Å². The van der Waals surface area contributed by atoms with Crippen molar-refractivity contribution in [1.82, 2.24) is 14.9 Å². The fourth-order valence-electron chi connectivity index (χ4n) is 4.85. The molecule has 0 atom stereocenters. The third-order valence-electron chi connectivity index (χ3n) is 7.10. The number of hydrogen-bond acceptors (Lipinski definition) is 7. The second-order valence-electron chi connectivity index (χ2n) is 9.60. The molecule has 9 nitrogen and oxygen atoms in total. The summed E-state index contributed by atoms with van der Waals surface area (Å²) in [6.45, 7) is 8.96. The van der Waals surface area contributed by atoms with E-state index in [1.165, 1.54) is 0 Å². The van der Waals surface area contributed by atoms with Gasteiger partial charge in [-0.2, -0.15) is 0 Å². The van der Waals surface area contributed by atoms with E-state index in [4.69, 9.17) is 18.9 Å². The minimum absolute atomic E-state index is 0.114. The fourth-order valence-corrected chi connectivity index (χ4v) is 4.85. The Hall–Kier alpha value is -3.85. The predicted octanol–water partition coefficient (Wildman–Crippen LogP) is 4.75. The zero-order chi connectivity index (χ0) is 25.8. The Labute approximate surface area is 216 Å². The lowest BCUT2D eigenvalue weighted by Gasteiger charge is -2.47. The quantitative estimate of drug-likeness (QED) is 0.334. The van der Waals surface area contributed by atoms with Crippen molar-refractivity contribution in [3.05, 3.63) is 48.0 Å². The van der Waals surface area contributed by atoms with Crippen LogP contribution in [0.4, 0.5) is 5.82 Å². The largest absolute Gasteiger partial charge is 0.493 e. The van der Waals surface area contributed by atoms with Gasteiger partial charge in [0.2, 0.25) is 5.91 Å². The van der Waals surface area contributed by atoms with Crippen molar-refractivity contribution < 1.29 is 23.7 Å². The molecule has 2 fully saturated rings. The number of likely N-dealkylation sites (tertiary alicyclic amines) is 1. The van der Waals surface area contributed by atoms with Crippen molar-refractivity contribution >= 4 is 35.4 Å². The molecule has 4 heterocycles. The maximum absolute atomic E-state index is 12.7. The molecule has 0 aliphatic carbocycles. The van der Waals surface area contributed by atoms with Gasteiger partial charge in [-0.05, 0) is 50.8 Å². The van der Waals surface area contributed by atoms with E-state index < -0.39 is 0 Å². The number of carbonyl (C=O) groups is 1. The standard InChI is InChI=1S/C28H32N4O5/c1-19(14-20-4-9-31-27(20)29-2)37-23-5-10-30-22-16-25(24(34-3)15-21(22)23)36-13-6-26(33)32-11-7-28(8-12-32)17-35-18-28/h4-5,9-10,14-16,31H,2,6-8,11-13,17-18H2,1,3H3. The van der Waals surface area contributed by atoms with Gasteiger partial charge in [0, 0.05) is 47.9 Å². The van der Waals surface area contributed by atoms with Gasteiger partial charge >= 0.3 is 0 Å². The van der Waals surface area contributed by atoms with Gasteiger partial charge in [0.05, 0.1) is 38.9 Å². The minimum Gasteiger partial charge on any atom is -0.493 e. The Kier molecular flexibility index (Phi) is 7.14. The molecule has 1 N–H and O–H groups in total. The molecule has 0 bridgehead atoms. The number of pyridine rings is 1. The summed E-state index contributed by atoms with van der Waals surface area (Å²) in [4.78, 5) is 26.1. The molecular formula is C28H32N4O5. The van der Waals surface area contributed by atoms with Crippen LogP contribution in [0.25, 0.3) is 17.0 Å². The number of aromatic nitrogens is 2. The second kappa shape index (κ2) is 10.6. The normalized spacial score (nSPS) is 16.9. The van der Waals surface area contributed by atoms with Crippen LogP contribution in [-0.4, -0.2) is 67.5 Å². The highest BCUT2D eigenvalue weighted by atomic mass is 16.5. The number of amides is 1. The molecule has 194 valence electrons. The van der Waals surface area contributed by atoms with Gasteiger partial charge in [-0.15, -0.1) is 0 Å². The first-order valence-corrected chi connectivity index (χ1v) is 12.5. The third-order valence-corrected chi connectivity index (χ3v) is 7.10. The summed E-state index contributed by atoms with van der Waals surface area (Å²) >= 11 is 0. The molecule has 2 saturated heterocycles. The minimum atomic E-state index is 0.114. The highest BCUT2D eigenvalue weighted by Crippen LogP contribution is 2.39. The number of piperidine rings is 1. The first-order chi connectivity index (χ1) is 18.0. The van der Waals surface area contributed by atoms with E-state index in [1.807, 2.05) is 36.1 Å². The Morgan fingerprint density at radius 1 is 1.24 bits per heavy atom. The number of nitrogens with zero attached hydrogens (tertiary/aromatic N) is 3. The lowest BCUT2D eigenvalue weighted by molar-refractivity contribution is -0.153. The number of carbonyl (C=O) groups excluding carboxylic acids is 1. The van der Waals surface area contributed by atoms with Crippen LogP contribution in [0.5, 0.6) is 17.2 Å². The van der Waals surface area contributed by atoms with Crippen LogP contribution >= 0.6 is 0 Å². The van der Waals surface area contributed by atoms with E-state index in [1.54, 1.807) is 25.6 Å². The topological polar surface area (TPSA) is 98.3 Å². The molecule has 37 heavy (non-hydrogen) atoms. The van der Waals surface area contributed by atoms with E-state index in [0.29, 0.717) is 46.2 Å². The molecule has 1 aromatic carbocycles. The van der Waals surface area contributed by atoms with Crippen LogP contribution in [0, 0.1) is 5.41 Å². The van der Waals surface area contributed by atoms with Crippen LogP contribution in [-0.2, 0) is 9.53 Å². The summed E-state index contributed by atoms with van der Waals surface area (Å²) in [5.41, 5.74) is 1.89. The summed E-state index contributed by atoms with van der Waals surface area (Å²) in [6, 6.07) is 7.38. The number of fused-ring (bicyclic) bond motifs is 1. The number of allylic oxidation sites excluding steroid dienone is 1. The summed E-state index contributed by atoms with van der Waals surface area (Å²) in [5.74, 6) is 3.21. The average molecular weight is 505 g/mol. The molecule has 0 saturated carbocycles. The van der Waals surface area contributed by atoms with Crippen molar-refractivity contribution in [2.45, 2.75) is 26.2 Å². The SMILES string of the molecule is C=Nc1[nH]ccc1C=C(C)Oc1ccnc2cc(OCCC(=O)N3CCC4(CC3)COC4)c(OC)cc12. The fraction of sp³-hybridized carbons (Fsp3) is 0.393. The molecule has 0 unspecified atom stereocenters. The smallest absolute Gasteiger partial charge is 0.225 e. The zero-order valence-corrected chi connectivity index (χ0v) is 21.3. The lowest BCUT2D eigenvalue weighted by Crippen LogP contribution is -2.52. The maximum Gasteiger partial charge on any atom is 0.225 e.